The lowest BCUT2D eigenvalue weighted by Crippen LogP contribution is -2.25. The summed E-state index contributed by atoms with van der Waals surface area (Å²) in [7, 11) is 0. The standard InChI is InChI=1S/C26H24O2/c1-15-9-16(2)12-19(11-15)23(20-13-17(3)10-18(4)14-20)24-25(27)21-7-5-6-8-22(21)26(24)28/h5-14,23-24H,1-4H3. The van der Waals surface area contributed by atoms with Gasteiger partial charge in [0.15, 0.2) is 11.6 Å². The Morgan fingerprint density at radius 3 is 1.32 bits per heavy atom. The Hall–Kier alpha value is -3.00. The third-order valence-corrected chi connectivity index (χ3v) is 5.56. The first-order valence-corrected chi connectivity index (χ1v) is 9.69. The fraction of sp³-hybridized carbons (Fsp3) is 0.231. The summed E-state index contributed by atoms with van der Waals surface area (Å²) >= 11 is 0. The predicted octanol–water partition coefficient (Wildman–Crippen LogP) is 5.75. The maximum atomic E-state index is 13.3. The van der Waals surface area contributed by atoms with E-state index in [9.17, 15) is 9.59 Å². The molecule has 0 N–H and O–H groups in total. The zero-order valence-corrected chi connectivity index (χ0v) is 16.7. The second-order valence-corrected chi connectivity index (χ2v) is 8.07. The molecule has 0 fully saturated rings. The van der Waals surface area contributed by atoms with Crippen LogP contribution in [0.1, 0.15) is 60.0 Å². The van der Waals surface area contributed by atoms with Crippen molar-refractivity contribution < 1.29 is 9.59 Å². The number of aryl methyl sites for hydroxylation is 4. The highest BCUT2D eigenvalue weighted by Crippen LogP contribution is 2.41. The van der Waals surface area contributed by atoms with E-state index in [2.05, 4.69) is 64.1 Å². The lowest BCUT2D eigenvalue weighted by Gasteiger charge is -2.24. The molecule has 4 rings (SSSR count). The van der Waals surface area contributed by atoms with Crippen molar-refractivity contribution >= 4 is 11.6 Å². The van der Waals surface area contributed by atoms with Gasteiger partial charge in [-0.05, 0) is 38.8 Å². The van der Waals surface area contributed by atoms with Gasteiger partial charge in [-0.3, -0.25) is 9.59 Å². The first kappa shape index (κ1) is 18.4. The summed E-state index contributed by atoms with van der Waals surface area (Å²) in [5.41, 5.74) is 7.72. The van der Waals surface area contributed by atoms with Crippen molar-refractivity contribution in [3.63, 3.8) is 0 Å². The minimum absolute atomic E-state index is 0.0658. The van der Waals surface area contributed by atoms with Gasteiger partial charge in [-0.1, -0.05) is 82.9 Å². The summed E-state index contributed by atoms with van der Waals surface area (Å²) in [6, 6.07) is 19.9. The fourth-order valence-corrected chi connectivity index (χ4v) is 4.63. The third kappa shape index (κ3) is 3.09. The van der Waals surface area contributed by atoms with Crippen LogP contribution in [0, 0.1) is 33.6 Å². The Morgan fingerprint density at radius 1 is 0.607 bits per heavy atom. The van der Waals surface area contributed by atoms with E-state index in [0.29, 0.717) is 11.1 Å². The van der Waals surface area contributed by atoms with Crippen LogP contribution in [-0.4, -0.2) is 11.6 Å². The highest BCUT2D eigenvalue weighted by atomic mass is 16.2. The zero-order chi connectivity index (χ0) is 20.0. The molecular weight excluding hydrogens is 344 g/mol. The number of carbonyl (C=O) groups excluding carboxylic acids is 2. The Balaban J connectivity index is 1.94. The number of carbonyl (C=O) groups is 2. The highest BCUT2D eigenvalue weighted by molar-refractivity contribution is 6.27. The molecule has 0 heterocycles. The maximum Gasteiger partial charge on any atom is 0.175 e. The molecule has 0 spiro atoms. The Kier molecular flexibility index (Phi) is 4.50. The summed E-state index contributed by atoms with van der Waals surface area (Å²) in [6.07, 6.45) is 0. The largest absolute Gasteiger partial charge is 0.293 e. The molecule has 0 bridgehead atoms. The van der Waals surface area contributed by atoms with Gasteiger partial charge in [-0.2, -0.15) is 0 Å². The van der Waals surface area contributed by atoms with Gasteiger partial charge in [0.25, 0.3) is 0 Å². The number of ketones is 2. The normalized spacial score (nSPS) is 14.0. The molecule has 140 valence electrons. The van der Waals surface area contributed by atoms with E-state index in [4.69, 9.17) is 0 Å². The Labute approximate surface area is 166 Å². The number of rotatable bonds is 3. The van der Waals surface area contributed by atoms with E-state index >= 15 is 0 Å². The van der Waals surface area contributed by atoms with Crippen molar-refractivity contribution in [3.05, 3.63) is 105 Å². The van der Waals surface area contributed by atoms with Crippen molar-refractivity contribution in [2.24, 2.45) is 5.92 Å². The summed E-state index contributed by atoms with van der Waals surface area (Å²) in [6.45, 7) is 8.23. The van der Waals surface area contributed by atoms with Crippen LogP contribution in [0.5, 0.6) is 0 Å². The minimum atomic E-state index is -0.709. The van der Waals surface area contributed by atoms with Crippen molar-refractivity contribution in [3.8, 4) is 0 Å². The van der Waals surface area contributed by atoms with Gasteiger partial charge in [0.05, 0.1) is 5.92 Å². The summed E-state index contributed by atoms with van der Waals surface area (Å²) in [5.74, 6) is -1.13. The van der Waals surface area contributed by atoms with Gasteiger partial charge >= 0.3 is 0 Å². The molecule has 0 saturated carbocycles. The topological polar surface area (TPSA) is 34.1 Å². The molecule has 0 aliphatic heterocycles. The molecule has 0 saturated heterocycles. The van der Waals surface area contributed by atoms with Crippen LogP contribution in [0.25, 0.3) is 0 Å². The lowest BCUT2D eigenvalue weighted by molar-refractivity contribution is 0.0825. The molecule has 3 aromatic carbocycles. The number of Topliss-reactive ketones (excluding diaryl/α,β-unsaturated/α-hetero) is 2. The van der Waals surface area contributed by atoms with E-state index < -0.39 is 5.92 Å². The number of benzene rings is 3. The van der Waals surface area contributed by atoms with E-state index in [-0.39, 0.29) is 17.5 Å². The predicted molar refractivity (Wildman–Crippen MR) is 112 cm³/mol. The Bertz CT molecular complexity index is 980. The fourth-order valence-electron chi connectivity index (χ4n) is 4.63. The average Bonchev–Trinajstić information content (AvgIpc) is 2.86. The molecule has 0 radical (unpaired) electrons. The molecule has 1 aliphatic carbocycles. The highest BCUT2D eigenvalue weighted by Gasteiger charge is 2.44. The molecule has 0 unspecified atom stereocenters. The van der Waals surface area contributed by atoms with Crippen LogP contribution >= 0.6 is 0 Å². The average molecular weight is 368 g/mol. The monoisotopic (exact) mass is 368 g/mol. The SMILES string of the molecule is Cc1cc(C)cc(C(c2cc(C)cc(C)c2)C2C(=O)c3ccccc3C2=O)c1. The second kappa shape index (κ2) is 6.87. The molecule has 2 nitrogen and oxygen atoms in total. The van der Waals surface area contributed by atoms with E-state index in [1.54, 1.807) is 12.1 Å². The van der Waals surface area contributed by atoms with Crippen molar-refractivity contribution in [1.29, 1.82) is 0 Å². The van der Waals surface area contributed by atoms with Crippen molar-refractivity contribution in [2.45, 2.75) is 33.6 Å². The molecular formula is C26H24O2. The van der Waals surface area contributed by atoms with Gasteiger partial charge in [0, 0.05) is 17.0 Å². The first-order valence-electron chi connectivity index (χ1n) is 9.69. The lowest BCUT2D eigenvalue weighted by atomic mass is 9.76. The summed E-state index contributed by atoms with van der Waals surface area (Å²) in [5, 5.41) is 0. The number of hydrogen-bond donors (Lipinski definition) is 0. The van der Waals surface area contributed by atoms with Gasteiger partial charge in [-0.25, -0.2) is 0 Å². The molecule has 1 aliphatic rings. The third-order valence-electron chi connectivity index (χ3n) is 5.56. The van der Waals surface area contributed by atoms with Crippen LogP contribution in [-0.2, 0) is 0 Å². The number of hydrogen-bond acceptors (Lipinski definition) is 2. The Morgan fingerprint density at radius 2 is 0.964 bits per heavy atom. The van der Waals surface area contributed by atoms with E-state index in [0.717, 1.165) is 33.4 Å². The molecule has 2 heteroatoms. The first-order chi connectivity index (χ1) is 13.3. The molecule has 0 atom stereocenters. The van der Waals surface area contributed by atoms with Gasteiger partial charge in [0.2, 0.25) is 0 Å². The van der Waals surface area contributed by atoms with E-state index in [1.807, 2.05) is 12.1 Å². The quantitative estimate of drug-likeness (QED) is 0.552. The summed E-state index contributed by atoms with van der Waals surface area (Å²) in [4.78, 5) is 26.6. The maximum absolute atomic E-state index is 13.3. The van der Waals surface area contributed by atoms with Gasteiger partial charge in [0.1, 0.15) is 0 Å². The number of fused-ring (bicyclic) bond motifs is 1. The van der Waals surface area contributed by atoms with Crippen molar-refractivity contribution in [1.82, 2.24) is 0 Å². The van der Waals surface area contributed by atoms with Crippen LogP contribution in [0.4, 0.5) is 0 Å². The minimum Gasteiger partial charge on any atom is -0.293 e. The molecule has 0 amide bonds. The van der Waals surface area contributed by atoms with Gasteiger partial charge in [-0.15, -0.1) is 0 Å². The molecule has 3 aromatic rings. The van der Waals surface area contributed by atoms with E-state index in [1.165, 1.54) is 0 Å². The summed E-state index contributed by atoms with van der Waals surface area (Å²) < 4.78 is 0. The molecule has 0 aromatic heterocycles. The van der Waals surface area contributed by atoms with Crippen LogP contribution in [0.2, 0.25) is 0 Å². The molecule has 28 heavy (non-hydrogen) atoms. The van der Waals surface area contributed by atoms with Crippen molar-refractivity contribution in [2.75, 3.05) is 0 Å². The van der Waals surface area contributed by atoms with Gasteiger partial charge < -0.3 is 0 Å². The zero-order valence-electron chi connectivity index (χ0n) is 16.7. The van der Waals surface area contributed by atoms with Crippen LogP contribution < -0.4 is 0 Å². The second-order valence-electron chi connectivity index (χ2n) is 8.07. The smallest absolute Gasteiger partial charge is 0.175 e. The van der Waals surface area contributed by atoms with Crippen LogP contribution in [0.15, 0.2) is 60.7 Å². The van der Waals surface area contributed by atoms with Crippen LogP contribution in [0.3, 0.4) is 0 Å².